The molecule has 1 N–H and O–H groups in total. The Bertz CT molecular complexity index is 319. The zero-order valence-corrected chi connectivity index (χ0v) is 10.3. The van der Waals surface area contributed by atoms with Crippen LogP contribution in [0, 0.1) is 0 Å². The number of rotatable bonds is 2. The van der Waals surface area contributed by atoms with E-state index in [1.165, 1.54) is 31.4 Å². The first-order chi connectivity index (χ1) is 8.45. The summed E-state index contributed by atoms with van der Waals surface area (Å²) in [5.41, 5.74) is 1.42. The number of hydrogen-bond donors (Lipinski definition) is 1. The molecule has 0 saturated carbocycles. The van der Waals surface area contributed by atoms with Gasteiger partial charge in [0.15, 0.2) is 0 Å². The Labute approximate surface area is 102 Å². The second-order valence-electron chi connectivity index (χ2n) is 5.12. The quantitative estimate of drug-likeness (QED) is 0.848. The molecule has 2 aliphatic heterocycles. The molecule has 1 aromatic rings. The smallest absolute Gasteiger partial charge is 0.0951 e. The monoisotopic (exact) mass is 235 g/mol. The summed E-state index contributed by atoms with van der Waals surface area (Å²) in [5.74, 6) is 0.681. The van der Waals surface area contributed by atoms with Crippen LogP contribution in [-0.2, 0) is 4.74 Å². The summed E-state index contributed by atoms with van der Waals surface area (Å²) in [4.78, 5) is 4.36. The van der Waals surface area contributed by atoms with Crippen LogP contribution >= 0.6 is 0 Å². The van der Waals surface area contributed by atoms with Crippen molar-refractivity contribution in [1.29, 1.82) is 0 Å². The summed E-state index contributed by atoms with van der Waals surface area (Å²) in [6.45, 7) is 4.05. The van der Waals surface area contributed by atoms with Gasteiger partial charge in [-0.1, -0.05) is 0 Å². The molecular formula is C13H21N3O. The van der Waals surface area contributed by atoms with Gasteiger partial charge in [-0.25, -0.2) is 4.98 Å². The molecule has 2 fully saturated rings. The largest absolute Gasteiger partial charge is 0.379 e. The van der Waals surface area contributed by atoms with E-state index in [2.05, 4.69) is 21.1 Å². The number of piperidine rings is 1. The van der Waals surface area contributed by atoms with Crippen molar-refractivity contribution in [2.75, 3.05) is 26.3 Å². The molecule has 0 bridgehead atoms. The van der Waals surface area contributed by atoms with E-state index >= 15 is 0 Å². The van der Waals surface area contributed by atoms with Gasteiger partial charge in [0.05, 0.1) is 19.0 Å². The Morgan fingerprint density at radius 3 is 2.94 bits per heavy atom. The lowest BCUT2D eigenvalue weighted by molar-refractivity contribution is 0.0577. The van der Waals surface area contributed by atoms with Crippen molar-refractivity contribution in [3.63, 3.8) is 0 Å². The van der Waals surface area contributed by atoms with Crippen molar-refractivity contribution < 1.29 is 4.74 Å². The summed E-state index contributed by atoms with van der Waals surface area (Å²) >= 11 is 0. The van der Waals surface area contributed by atoms with E-state index in [0.29, 0.717) is 12.0 Å². The molecular weight excluding hydrogens is 214 g/mol. The minimum Gasteiger partial charge on any atom is -0.379 e. The molecule has 2 aliphatic rings. The van der Waals surface area contributed by atoms with Crippen molar-refractivity contribution in [2.45, 2.75) is 37.6 Å². The molecule has 2 saturated heterocycles. The third kappa shape index (κ3) is 2.38. The molecule has 1 unspecified atom stereocenters. The molecule has 0 spiro atoms. The summed E-state index contributed by atoms with van der Waals surface area (Å²) in [6.07, 6.45) is 8.93. The van der Waals surface area contributed by atoms with Gasteiger partial charge in [0.25, 0.3) is 0 Å². The number of nitrogens with one attached hydrogen (secondary N) is 1. The third-order valence-electron chi connectivity index (χ3n) is 3.98. The number of nitrogens with zero attached hydrogens (tertiary/aromatic N) is 2. The molecule has 3 rings (SSSR count). The van der Waals surface area contributed by atoms with Crippen LogP contribution in [0.2, 0.25) is 0 Å². The van der Waals surface area contributed by atoms with E-state index in [4.69, 9.17) is 4.74 Å². The van der Waals surface area contributed by atoms with Gasteiger partial charge < -0.3 is 14.6 Å². The zero-order valence-electron chi connectivity index (χ0n) is 10.3. The summed E-state index contributed by atoms with van der Waals surface area (Å²) in [5, 5.41) is 3.42. The Hall–Kier alpha value is -0.870. The molecule has 0 aromatic carbocycles. The standard InChI is InChI=1S/C13H21N3O/c1-2-12(9-17-7-1)16-10-15-8-13(16)11-3-5-14-6-4-11/h8,10-12,14H,1-7,9H2. The van der Waals surface area contributed by atoms with Crippen molar-refractivity contribution in [3.8, 4) is 0 Å². The van der Waals surface area contributed by atoms with Crippen LogP contribution in [-0.4, -0.2) is 35.9 Å². The second-order valence-corrected chi connectivity index (χ2v) is 5.12. The summed E-state index contributed by atoms with van der Waals surface area (Å²) in [7, 11) is 0. The number of hydrogen-bond acceptors (Lipinski definition) is 3. The summed E-state index contributed by atoms with van der Waals surface area (Å²) < 4.78 is 7.96. The van der Waals surface area contributed by atoms with Crippen LogP contribution in [0.1, 0.15) is 43.3 Å². The molecule has 0 radical (unpaired) electrons. The van der Waals surface area contributed by atoms with Crippen LogP contribution in [0.5, 0.6) is 0 Å². The molecule has 0 aliphatic carbocycles. The predicted molar refractivity (Wildman–Crippen MR) is 66.2 cm³/mol. The van der Waals surface area contributed by atoms with E-state index in [1.54, 1.807) is 0 Å². The first-order valence-electron chi connectivity index (χ1n) is 6.75. The molecule has 3 heterocycles. The Morgan fingerprint density at radius 2 is 2.18 bits per heavy atom. The molecule has 4 heteroatoms. The van der Waals surface area contributed by atoms with E-state index in [9.17, 15) is 0 Å². The highest BCUT2D eigenvalue weighted by Gasteiger charge is 2.23. The zero-order chi connectivity index (χ0) is 11.5. The van der Waals surface area contributed by atoms with Gasteiger partial charge in [0.1, 0.15) is 0 Å². The van der Waals surface area contributed by atoms with Gasteiger partial charge in [-0.2, -0.15) is 0 Å². The minimum atomic E-state index is 0.510. The van der Waals surface area contributed by atoms with Crippen molar-refractivity contribution in [3.05, 3.63) is 18.2 Å². The van der Waals surface area contributed by atoms with E-state index < -0.39 is 0 Å². The molecule has 1 atom stereocenters. The second kappa shape index (κ2) is 5.19. The van der Waals surface area contributed by atoms with Crippen molar-refractivity contribution >= 4 is 0 Å². The fourth-order valence-corrected chi connectivity index (χ4v) is 3.00. The lowest BCUT2D eigenvalue weighted by atomic mass is 9.94. The average Bonchev–Trinajstić information content (AvgIpc) is 2.90. The van der Waals surface area contributed by atoms with Gasteiger partial charge in [-0.05, 0) is 38.8 Å². The highest BCUT2D eigenvalue weighted by atomic mass is 16.5. The number of imidazole rings is 1. The van der Waals surface area contributed by atoms with Gasteiger partial charge >= 0.3 is 0 Å². The van der Waals surface area contributed by atoms with E-state index in [-0.39, 0.29) is 0 Å². The maximum Gasteiger partial charge on any atom is 0.0951 e. The average molecular weight is 235 g/mol. The van der Waals surface area contributed by atoms with E-state index in [0.717, 1.165) is 26.3 Å². The van der Waals surface area contributed by atoms with E-state index in [1.807, 2.05) is 6.33 Å². The third-order valence-corrected chi connectivity index (χ3v) is 3.98. The topological polar surface area (TPSA) is 39.1 Å². The fraction of sp³-hybridized carbons (Fsp3) is 0.769. The first kappa shape index (κ1) is 11.2. The SMILES string of the molecule is c1ncn(C2CCCOC2)c1C1CCNCC1. The van der Waals surface area contributed by atoms with Crippen LogP contribution < -0.4 is 5.32 Å². The highest BCUT2D eigenvalue weighted by molar-refractivity contribution is 5.09. The number of ether oxygens (including phenoxy) is 1. The molecule has 0 amide bonds. The lowest BCUT2D eigenvalue weighted by Gasteiger charge is -2.29. The van der Waals surface area contributed by atoms with Crippen LogP contribution in [0.4, 0.5) is 0 Å². The van der Waals surface area contributed by atoms with Crippen molar-refractivity contribution in [1.82, 2.24) is 14.9 Å². The highest BCUT2D eigenvalue weighted by Crippen LogP contribution is 2.29. The van der Waals surface area contributed by atoms with Gasteiger partial charge in [-0.15, -0.1) is 0 Å². The Kier molecular flexibility index (Phi) is 3.43. The normalized spacial score (nSPS) is 27.2. The maximum absolute atomic E-state index is 5.59. The fourth-order valence-electron chi connectivity index (χ4n) is 3.00. The molecule has 94 valence electrons. The Morgan fingerprint density at radius 1 is 1.29 bits per heavy atom. The van der Waals surface area contributed by atoms with Gasteiger partial charge in [0, 0.05) is 24.4 Å². The molecule has 4 nitrogen and oxygen atoms in total. The van der Waals surface area contributed by atoms with Crippen molar-refractivity contribution in [2.24, 2.45) is 0 Å². The summed E-state index contributed by atoms with van der Waals surface area (Å²) in [6, 6.07) is 0.510. The van der Waals surface area contributed by atoms with Gasteiger partial charge in [0.2, 0.25) is 0 Å². The Balaban J connectivity index is 1.77. The van der Waals surface area contributed by atoms with Crippen LogP contribution in [0.3, 0.4) is 0 Å². The minimum absolute atomic E-state index is 0.510. The van der Waals surface area contributed by atoms with Gasteiger partial charge in [-0.3, -0.25) is 0 Å². The molecule has 17 heavy (non-hydrogen) atoms. The predicted octanol–water partition coefficient (Wildman–Crippen LogP) is 1.70. The first-order valence-corrected chi connectivity index (χ1v) is 6.75. The number of aromatic nitrogens is 2. The maximum atomic E-state index is 5.59. The molecule has 1 aromatic heterocycles. The van der Waals surface area contributed by atoms with Crippen LogP contribution in [0.15, 0.2) is 12.5 Å². The lowest BCUT2D eigenvalue weighted by Crippen LogP contribution is -2.29. The van der Waals surface area contributed by atoms with Crippen LogP contribution in [0.25, 0.3) is 0 Å².